The Morgan fingerprint density at radius 3 is 3.00 bits per heavy atom. The molecule has 2 N–H and O–H groups in total. The SMILES string of the molecule is Cc1c(I)cccc1NCc1ncncc1C(=O)O. The normalized spacial score (nSPS) is 10.2. The fourth-order valence-electron chi connectivity index (χ4n) is 1.65. The van der Waals surface area contributed by atoms with E-state index in [1.807, 2.05) is 25.1 Å². The minimum atomic E-state index is -1.02. The molecule has 2 aromatic rings. The first-order valence-corrected chi connectivity index (χ1v) is 6.68. The summed E-state index contributed by atoms with van der Waals surface area (Å²) in [4.78, 5) is 18.8. The van der Waals surface area contributed by atoms with Gasteiger partial charge in [-0.15, -0.1) is 0 Å². The van der Waals surface area contributed by atoms with Crippen LogP contribution < -0.4 is 5.32 Å². The lowest BCUT2D eigenvalue weighted by molar-refractivity contribution is 0.0694. The Kier molecular flexibility index (Phi) is 4.31. The first-order valence-electron chi connectivity index (χ1n) is 5.60. The molecule has 98 valence electrons. The largest absolute Gasteiger partial charge is 0.478 e. The van der Waals surface area contributed by atoms with Crippen molar-refractivity contribution in [3.63, 3.8) is 0 Å². The van der Waals surface area contributed by atoms with E-state index >= 15 is 0 Å². The van der Waals surface area contributed by atoms with Crippen LogP contribution >= 0.6 is 22.6 Å². The number of nitrogens with one attached hydrogen (secondary N) is 1. The Morgan fingerprint density at radius 1 is 1.47 bits per heavy atom. The quantitative estimate of drug-likeness (QED) is 0.811. The first-order chi connectivity index (χ1) is 9.09. The third-order valence-corrected chi connectivity index (χ3v) is 3.91. The summed E-state index contributed by atoms with van der Waals surface area (Å²) in [7, 11) is 0. The Morgan fingerprint density at radius 2 is 2.26 bits per heavy atom. The van der Waals surface area contributed by atoms with Crippen LogP contribution in [0.3, 0.4) is 0 Å². The molecule has 2 rings (SSSR count). The molecule has 0 atom stereocenters. The van der Waals surface area contributed by atoms with Gasteiger partial charge in [0, 0.05) is 15.5 Å². The lowest BCUT2D eigenvalue weighted by atomic mass is 10.2. The van der Waals surface area contributed by atoms with Crippen LogP contribution in [0.1, 0.15) is 21.6 Å². The van der Waals surface area contributed by atoms with Crippen LogP contribution in [0.2, 0.25) is 0 Å². The van der Waals surface area contributed by atoms with Crippen LogP contribution in [-0.2, 0) is 6.54 Å². The number of aromatic carboxylic acids is 1. The molecule has 0 unspecified atom stereocenters. The number of halogens is 1. The van der Waals surface area contributed by atoms with Crippen LogP contribution in [0.15, 0.2) is 30.7 Å². The molecule has 1 heterocycles. The predicted octanol–water partition coefficient (Wildman–Crippen LogP) is 2.70. The second-order valence-electron chi connectivity index (χ2n) is 3.95. The van der Waals surface area contributed by atoms with Gasteiger partial charge in [0.15, 0.2) is 0 Å². The van der Waals surface area contributed by atoms with Gasteiger partial charge in [0.25, 0.3) is 0 Å². The van der Waals surface area contributed by atoms with Gasteiger partial charge in [-0.25, -0.2) is 14.8 Å². The molecule has 6 heteroatoms. The minimum Gasteiger partial charge on any atom is -0.478 e. The summed E-state index contributed by atoms with van der Waals surface area (Å²) >= 11 is 2.26. The molecule has 0 saturated heterocycles. The van der Waals surface area contributed by atoms with Crippen molar-refractivity contribution in [2.75, 3.05) is 5.32 Å². The molecule has 0 aliphatic carbocycles. The van der Waals surface area contributed by atoms with Crippen molar-refractivity contribution in [1.82, 2.24) is 9.97 Å². The van der Waals surface area contributed by atoms with E-state index in [0.29, 0.717) is 12.2 Å². The summed E-state index contributed by atoms with van der Waals surface area (Å²) in [5.74, 6) is -1.02. The van der Waals surface area contributed by atoms with Gasteiger partial charge in [0.1, 0.15) is 11.9 Å². The summed E-state index contributed by atoms with van der Waals surface area (Å²) < 4.78 is 1.16. The van der Waals surface area contributed by atoms with Crippen molar-refractivity contribution in [3.8, 4) is 0 Å². The highest BCUT2D eigenvalue weighted by Crippen LogP contribution is 2.21. The Hall–Kier alpha value is -1.70. The molecular formula is C13H12IN3O2. The van der Waals surface area contributed by atoms with Gasteiger partial charge >= 0.3 is 5.97 Å². The molecule has 0 bridgehead atoms. The van der Waals surface area contributed by atoms with E-state index in [9.17, 15) is 4.79 Å². The fraction of sp³-hybridized carbons (Fsp3) is 0.154. The van der Waals surface area contributed by atoms with Crippen molar-refractivity contribution in [1.29, 1.82) is 0 Å². The Bertz CT molecular complexity index is 617. The number of nitrogens with zero attached hydrogens (tertiary/aromatic N) is 2. The lowest BCUT2D eigenvalue weighted by Gasteiger charge is -2.11. The third kappa shape index (κ3) is 3.19. The summed E-state index contributed by atoms with van der Waals surface area (Å²) in [6, 6.07) is 5.93. The number of carboxylic acids is 1. The van der Waals surface area contributed by atoms with Crippen LogP contribution in [-0.4, -0.2) is 21.0 Å². The number of aromatic nitrogens is 2. The number of benzene rings is 1. The molecule has 0 aliphatic heterocycles. The minimum absolute atomic E-state index is 0.123. The number of hydrogen-bond acceptors (Lipinski definition) is 4. The van der Waals surface area contributed by atoms with Gasteiger partial charge in [0.05, 0.1) is 12.2 Å². The average Bonchev–Trinajstić information content (AvgIpc) is 2.40. The number of carboxylic acid groups (broad SMARTS) is 1. The van der Waals surface area contributed by atoms with Crippen molar-refractivity contribution in [3.05, 3.63) is 51.1 Å². The smallest absolute Gasteiger partial charge is 0.339 e. The average molecular weight is 369 g/mol. The van der Waals surface area contributed by atoms with Crippen molar-refractivity contribution >= 4 is 34.2 Å². The number of hydrogen-bond donors (Lipinski definition) is 2. The second kappa shape index (κ2) is 5.96. The lowest BCUT2D eigenvalue weighted by Crippen LogP contribution is -2.10. The van der Waals surface area contributed by atoms with E-state index in [0.717, 1.165) is 14.8 Å². The molecular weight excluding hydrogens is 357 g/mol. The Balaban J connectivity index is 2.19. The van der Waals surface area contributed by atoms with Gasteiger partial charge in [-0.2, -0.15) is 0 Å². The molecule has 0 amide bonds. The van der Waals surface area contributed by atoms with E-state index in [-0.39, 0.29) is 5.56 Å². The van der Waals surface area contributed by atoms with E-state index in [4.69, 9.17) is 5.11 Å². The van der Waals surface area contributed by atoms with E-state index < -0.39 is 5.97 Å². The molecule has 1 aromatic carbocycles. The number of anilines is 1. The maximum atomic E-state index is 11.0. The fourth-order valence-corrected chi connectivity index (χ4v) is 2.15. The Labute approximate surface area is 124 Å². The van der Waals surface area contributed by atoms with Gasteiger partial charge in [-0.3, -0.25) is 0 Å². The van der Waals surface area contributed by atoms with Crippen molar-refractivity contribution < 1.29 is 9.90 Å². The maximum Gasteiger partial charge on any atom is 0.339 e. The zero-order valence-corrected chi connectivity index (χ0v) is 12.4. The molecule has 0 radical (unpaired) electrons. The van der Waals surface area contributed by atoms with Crippen LogP contribution in [0, 0.1) is 10.5 Å². The first kappa shape index (κ1) is 13.7. The van der Waals surface area contributed by atoms with Gasteiger partial charge in [-0.1, -0.05) is 6.07 Å². The monoisotopic (exact) mass is 369 g/mol. The molecule has 5 nitrogen and oxygen atoms in total. The zero-order valence-electron chi connectivity index (χ0n) is 10.2. The van der Waals surface area contributed by atoms with Gasteiger partial charge in [0.2, 0.25) is 0 Å². The highest BCUT2D eigenvalue weighted by molar-refractivity contribution is 14.1. The van der Waals surface area contributed by atoms with Crippen LogP contribution in [0.25, 0.3) is 0 Å². The molecule has 0 saturated carbocycles. The summed E-state index contributed by atoms with van der Waals surface area (Å²) in [5, 5.41) is 12.3. The van der Waals surface area contributed by atoms with Crippen LogP contribution in [0.5, 0.6) is 0 Å². The van der Waals surface area contributed by atoms with E-state index in [2.05, 4.69) is 37.9 Å². The zero-order chi connectivity index (χ0) is 13.8. The predicted molar refractivity (Wildman–Crippen MR) is 80.2 cm³/mol. The third-order valence-electron chi connectivity index (χ3n) is 2.74. The highest BCUT2D eigenvalue weighted by atomic mass is 127. The van der Waals surface area contributed by atoms with Crippen molar-refractivity contribution in [2.24, 2.45) is 0 Å². The molecule has 0 aliphatic rings. The molecule has 1 aromatic heterocycles. The van der Waals surface area contributed by atoms with Crippen molar-refractivity contribution in [2.45, 2.75) is 13.5 Å². The van der Waals surface area contributed by atoms with Gasteiger partial charge in [-0.05, 0) is 47.2 Å². The number of rotatable bonds is 4. The van der Waals surface area contributed by atoms with Gasteiger partial charge < -0.3 is 10.4 Å². The maximum absolute atomic E-state index is 11.0. The highest BCUT2D eigenvalue weighted by Gasteiger charge is 2.11. The standard InChI is InChI=1S/C13H12IN3O2/c1-8-10(14)3-2-4-11(8)16-6-12-9(13(18)19)5-15-7-17-12/h2-5,7,16H,6H2,1H3,(H,18,19). The van der Waals surface area contributed by atoms with E-state index in [1.165, 1.54) is 12.5 Å². The number of carbonyl (C=O) groups is 1. The van der Waals surface area contributed by atoms with Crippen LogP contribution in [0.4, 0.5) is 5.69 Å². The molecule has 0 spiro atoms. The topological polar surface area (TPSA) is 75.1 Å². The van der Waals surface area contributed by atoms with E-state index in [1.54, 1.807) is 0 Å². The summed E-state index contributed by atoms with van der Waals surface area (Å²) in [5.41, 5.74) is 2.70. The second-order valence-corrected chi connectivity index (χ2v) is 5.12. The summed E-state index contributed by atoms with van der Waals surface area (Å²) in [6.45, 7) is 2.37. The molecule has 0 fully saturated rings. The summed E-state index contributed by atoms with van der Waals surface area (Å²) in [6.07, 6.45) is 2.67. The molecule has 19 heavy (non-hydrogen) atoms.